The monoisotopic (exact) mass is 288 g/mol. The maximum atomic E-state index is 12.2. The molecule has 0 aromatic heterocycles. The molecule has 0 aliphatic rings. The van der Waals surface area contributed by atoms with E-state index in [4.69, 9.17) is 14.6 Å². The molecule has 0 saturated carbocycles. The van der Waals surface area contributed by atoms with E-state index in [9.17, 15) is 9.59 Å². The molecule has 0 bridgehead atoms. The van der Waals surface area contributed by atoms with Gasteiger partial charge in [0.2, 0.25) is 0 Å². The first-order valence-corrected chi connectivity index (χ1v) is 6.36. The molecule has 2 atom stereocenters. The van der Waals surface area contributed by atoms with E-state index < -0.39 is 18.0 Å². The van der Waals surface area contributed by atoms with Crippen LogP contribution in [-0.4, -0.2) is 68.1 Å². The lowest BCUT2D eigenvalue weighted by Crippen LogP contribution is -2.52. The van der Waals surface area contributed by atoms with E-state index in [2.05, 4.69) is 11.9 Å². The summed E-state index contributed by atoms with van der Waals surface area (Å²) in [6, 6.07) is -1.63. The number of carbonyl (C=O) groups is 2. The van der Waals surface area contributed by atoms with E-state index in [0.717, 1.165) is 0 Å². The molecule has 0 rings (SSSR count). The molecule has 7 heteroatoms. The van der Waals surface area contributed by atoms with Crippen LogP contribution >= 0.6 is 0 Å². The summed E-state index contributed by atoms with van der Waals surface area (Å²) in [5, 5.41) is 11.5. The smallest absolute Gasteiger partial charge is 0.326 e. The second kappa shape index (κ2) is 10.2. The van der Waals surface area contributed by atoms with Gasteiger partial charge in [0.15, 0.2) is 0 Å². The van der Waals surface area contributed by atoms with Crippen molar-refractivity contribution in [2.45, 2.75) is 25.4 Å². The van der Waals surface area contributed by atoms with Crippen LogP contribution in [0.2, 0.25) is 0 Å². The fourth-order valence-electron chi connectivity index (χ4n) is 1.66. The van der Waals surface area contributed by atoms with Crippen LogP contribution in [0.3, 0.4) is 0 Å². The molecule has 0 aliphatic heterocycles. The fraction of sp³-hybridized carbons (Fsp3) is 0.692. The lowest BCUT2D eigenvalue weighted by Gasteiger charge is -2.29. The fourth-order valence-corrected chi connectivity index (χ4v) is 1.66. The second-order valence-corrected chi connectivity index (χ2v) is 4.36. The highest BCUT2D eigenvalue weighted by molar-refractivity contribution is 5.82. The van der Waals surface area contributed by atoms with E-state index >= 15 is 0 Å². The number of hydrogen-bond acceptors (Lipinski definition) is 4. The van der Waals surface area contributed by atoms with Crippen LogP contribution in [-0.2, 0) is 14.3 Å². The first kappa shape index (κ1) is 18.4. The molecule has 116 valence electrons. The van der Waals surface area contributed by atoms with Crippen LogP contribution in [0.1, 0.15) is 13.3 Å². The Labute approximate surface area is 119 Å². The van der Waals surface area contributed by atoms with Crippen molar-refractivity contribution >= 4 is 12.0 Å². The normalized spacial score (nSPS) is 13.3. The Kier molecular flexibility index (Phi) is 9.40. The average Bonchev–Trinajstić information content (AvgIpc) is 2.38. The molecule has 0 aliphatic carbocycles. The molecule has 7 nitrogen and oxygen atoms in total. The summed E-state index contributed by atoms with van der Waals surface area (Å²) in [5.41, 5.74) is 0. The Balaban J connectivity index is 4.73. The van der Waals surface area contributed by atoms with Crippen LogP contribution in [0.4, 0.5) is 4.79 Å². The summed E-state index contributed by atoms with van der Waals surface area (Å²) in [6.45, 7) is 6.38. The highest BCUT2D eigenvalue weighted by atomic mass is 16.5. The van der Waals surface area contributed by atoms with Crippen LogP contribution in [0, 0.1) is 0 Å². The molecule has 20 heavy (non-hydrogen) atoms. The highest BCUT2D eigenvalue weighted by Gasteiger charge is 2.25. The standard InChI is InChI=1S/C13H24N2O5/c1-5-6-11(12(16)17)14-13(18)15(7-8-19-3)10(2)9-20-4/h5,10-11H,1,6-9H2,2-4H3,(H,14,18)(H,16,17). The van der Waals surface area contributed by atoms with Crippen molar-refractivity contribution in [3.05, 3.63) is 12.7 Å². The second-order valence-electron chi connectivity index (χ2n) is 4.36. The average molecular weight is 288 g/mol. The van der Waals surface area contributed by atoms with Crippen LogP contribution in [0.25, 0.3) is 0 Å². The third-order valence-electron chi connectivity index (χ3n) is 2.74. The quantitative estimate of drug-likeness (QED) is 0.578. The zero-order valence-corrected chi connectivity index (χ0v) is 12.3. The SMILES string of the molecule is C=CCC(NC(=O)N(CCOC)C(C)COC)C(=O)O. The predicted octanol–water partition coefficient (Wildman–Crippen LogP) is 0.709. The summed E-state index contributed by atoms with van der Waals surface area (Å²) >= 11 is 0. The van der Waals surface area contributed by atoms with Gasteiger partial charge in [-0.25, -0.2) is 9.59 Å². The molecule has 0 fully saturated rings. The summed E-state index contributed by atoms with van der Waals surface area (Å²) in [6.07, 6.45) is 1.62. The van der Waals surface area contributed by atoms with Crippen molar-refractivity contribution in [2.24, 2.45) is 0 Å². The Morgan fingerprint density at radius 2 is 2.05 bits per heavy atom. The molecule has 0 radical (unpaired) electrons. The van der Waals surface area contributed by atoms with Gasteiger partial charge in [0.1, 0.15) is 6.04 Å². The Morgan fingerprint density at radius 3 is 2.50 bits per heavy atom. The molecule has 0 aromatic carbocycles. The van der Waals surface area contributed by atoms with Gasteiger partial charge in [0, 0.05) is 20.8 Å². The zero-order valence-electron chi connectivity index (χ0n) is 12.3. The van der Waals surface area contributed by atoms with Gasteiger partial charge in [0.05, 0.1) is 19.3 Å². The molecule has 0 spiro atoms. The molecule has 2 unspecified atom stereocenters. The molecule has 0 heterocycles. The van der Waals surface area contributed by atoms with Gasteiger partial charge in [-0.3, -0.25) is 0 Å². The summed E-state index contributed by atoms with van der Waals surface area (Å²) in [5.74, 6) is -1.09. The van der Waals surface area contributed by atoms with Crippen LogP contribution in [0.5, 0.6) is 0 Å². The minimum atomic E-state index is -1.09. The number of nitrogens with one attached hydrogen (secondary N) is 1. The van der Waals surface area contributed by atoms with E-state index in [-0.39, 0.29) is 12.5 Å². The highest BCUT2D eigenvalue weighted by Crippen LogP contribution is 2.03. The summed E-state index contributed by atoms with van der Waals surface area (Å²) < 4.78 is 9.98. The third-order valence-corrected chi connectivity index (χ3v) is 2.74. The predicted molar refractivity (Wildman–Crippen MR) is 74.7 cm³/mol. The maximum absolute atomic E-state index is 12.2. The van der Waals surface area contributed by atoms with Gasteiger partial charge >= 0.3 is 12.0 Å². The van der Waals surface area contributed by atoms with Gasteiger partial charge in [-0.2, -0.15) is 0 Å². The molecule has 2 amide bonds. The number of nitrogens with zero attached hydrogens (tertiary/aromatic N) is 1. The molecular formula is C13H24N2O5. The number of rotatable bonds is 10. The number of carboxylic acid groups (broad SMARTS) is 1. The third kappa shape index (κ3) is 6.53. The van der Waals surface area contributed by atoms with E-state index in [1.165, 1.54) is 18.1 Å². The number of aliphatic carboxylic acids is 1. The minimum absolute atomic E-state index is 0.165. The van der Waals surface area contributed by atoms with Gasteiger partial charge in [0.25, 0.3) is 0 Å². The lowest BCUT2D eigenvalue weighted by molar-refractivity contribution is -0.139. The number of ether oxygens (including phenoxy) is 2. The van der Waals surface area contributed by atoms with Crippen molar-refractivity contribution < 1.29 is 24.2 Å². The zero-order chi connectivity index (χ0) is 15.5. The maximum Gasteiger partial charge on any atom is 0.326 e. The van der Waals surface area contributed by atoms with Gasteiger partial charge < -0.3 is 24.8 Å². The van der Waals surface area contributed by atoms with Gasteiger partial charge in [-0.15, -0.1) is 6.58 Å². The number of methoxy groups -OCH3 is 2. The van der Waals surface area contributed by atoms with E-state index in [0.29, 0.717) is 19.8 Å². The van der Waals surface area contributed by atoms with Crippen molar-refractivity contribution in [3.8, 4) is 0 Å². The number of carbonyl (C=O) groups excluding carboxylic acids is 1. The number of amides is 2. The first-order chi connectivity index (χ1) is 9.47. The van der Waals surface area contributed by atoms with Gasteiger partial charge in [-0.05, 0) is 13.3 Å². The van der Waals surface area contributed by atoms with E-state index in [1.807, 2.05) is 6.92 Å². The van der Waals surface area contributed by atoms with Crippen molar-refractivity contribution in [1.82, 2.24) is 10.2 Å². The number of urea groups is 1. The molecule has 0 saturated heterocycles. The molecule has 2 N–H and O–H groups in total. The van der Waals surface area contributed by atoms with E-state index in [1.54, 1.807) is 7.11 Å². The largest absolute Gasteiger partial charge is 0.480 e. The van der Waals surface area contributed by atoms with Crippen LogP contribution < -0.4 is 5.32 Å². The van der Waals surface area contributed by atoms with Crippen LogP contribution in [0.15, 0.2) is 12.7 Å². The number of hydrogen-bond donors (Lipinski definition) is 2. The van der Waals surface area contributed by atoms with Crippen molar-refractivity contribution in [3.63, 3.8) is 0 Å². The summed E-state index contributed by atoms with van der Waals surface area (Å²) in [7, 11) is 3.08. The van der Waals surface area contributed by atoms with Gasteiger partial charge in [-0.1, -0.05) is 6.08 Å². The summed E-state index contributed by atoms with van der Waals surface area (Å²) in [4.78, 5) is 24.7. The van der Waals surface area contributed by atoms with Crippen molar-refractivity contribution in [1.29, 1.82) is 0 Å². The Hall–Kier alpha value is -1.60. The van der Waals surface area contributed by atoms with Crippen molar-refractivity contribution in [2.75, 3.05) is 34.0 Å². The molecular weight excluding hydrogens is 264 g/mol. The first-order valence-electron chi connectivity index (χ1n) is 6.36. The Morgan fingerprint density at radius 1 is 1.40 bits per heavy atom. The lowest BCUT2D eigenvalue weighted by atomic mass is 10.2. The topological polar surface area (TPSA) is 88.1 Å². The minimum Gasteiger partial charge on any atom is -0.480 e. The Bertz CT molecular complexity index is 322. The molecule has 0 aromatic rings. The number of carboxylic acids is 1.